The minimum absolute atomic E-state index is 0.0880. The number of nitrogens with one attached hydrogen (secondary N) is 1. The molecule has 1 aromatic heterocycles. The molecule has 1 aliphatic rings. The zero-order valence-corrected chi connectivity index (χ0v) is 16.5. The number of thioether (sulfide) groups is 1. The van der Waals surface area contributed by atoms with Crippen LogP contribution in [0.15, 0.2) is 65.3 Å². The molecule has 6 heteroatoms. The minimum Gasteiger partial charge on any atom is -0.459 e. The van der Waals surface area contributed by atoms with Crippen molar-refractivity contribution in [1.82, 2.24) is 0 Å². The molecule has 2 amide bonds. The van der Waals surface area contributed by atoms with Gasteiger partial charge in [0.1, 0.15) is 5.37 Å². The monoisotopic (exact) mass is 392 g/mol. The molecule has 2 heterocycles. The van der Waals surface area contributed by atoms with Gasteiger partial charge in [-0.05, 0) is 66.9 Å². The molecule has 0 unspecified atom stereocenters. The fourth-order valence-electron chi connectivity index (χ4n) is 3.41. The maximum absolute atomic E-state index is 12.6. The number of carbonyl (C=O) groups is 2. The highest BCUT2D eigenvalue weighted by Crippen LogP contribution is 2.42. The van der Waals surface area contributed by atoms with E-state index >= 15 is 0 Å². The third kappa shape index (κ3) is 3.68. The number of carbonyl (C=O) groups excluding carboxylic acids is 2. The summed E-state index contributed by atoms with van der Waals surface area (Å²) in [5.74, 6) is 0.474. The Bertz CT molecular complexity index is 1010. The lowest BCUT2D eigenvalue weighted by atomic mass is 10.1. The second kappa shape index (κ2) is 7.56. The van der Waals surface area contributed by atoms with E-state index in [2.05, 4.69) is 11.4 Å². The van der Waals surface area contributed by atoms with Crippen molar-refractivity contribution in [3.05, 3.63) is 83.3 Å². The minimum atomic E-state index is -0.302. The second-order valence-corrected chi connectivity index (χ2v) is 7.90. The largest absolute Gasteiger partial charge is 0.459 e. The Kier molecular flexibility index (Phi) is 4.96. The molecule has 142 valence electrons. The molecule has 0 aliphatic carbocycles. The van der Waals surface area contributed by atoms with Gasteiger partial charge in [0.2, 0.25) is 5.91 Å². The first-order chi connectivity index (χ1) is 13.5. The van der Waals surface area contributed by atoms with E-state index in [0.717, 1.165) is 22.4 Å². The van der Waals surface area contributed by atoms with Crippen LogP contribution in [0.25, 0.3) is 0 Å². The van der Waals surface area contributed by atoms with Crippen LogP contribution in [0, 0.1) is 13.8 Å². The SMILES string of the molecule is Cc1cc(C)cc(N2C(=O)CS[C@H]2c2cccc(NC(=O)c3ccco3)c2)c1. The zero-order chi connectivity index (χ0) is 19.7. The van der Waals surface area contributed by atoms with Gasteiger partial charge in [-0.2, -0.15) is 0 Å². The number of hydrogen-bond acceptors (Lipinski definition) is 4. The quantitative estimate of drug-likeness (QED) is 0.684. The normalized spacial score (nSPS) is 16.4. The molecule has 2 aromatic carbocycles. The van der Waals surface area contributed by atoms with Gasteiger partial charge in [0.15, 0.2) is 5.76 Å². The Morgan fingerprint density at radius 1 is 1.11 bits per heavy atom. The van der Waals surface area contributed by atoms with Gasteiger partial charge in [0.25, 0.3) is 5.91 Å². The molecule has 1 fully saturated rings. The van der Waals surface area contributed by atoms with Crippen LogP contribution in [0.3, 0.4) is 0 Å². The van der Waals surface area contributed by atoms with Crippen molar-refractivity contribution >= 4 is 35.0 Å². The third-order valence-electron chi connectivity index (χ3n) is 4.53. The van der Waals surface area contributed by atoms with Crippen molar-refractivity contribution in [2.24, 2.45) is 0 Å². The molecule has 1 atom stereocenters. The van der Waals surface area contributed by atoms with Gasteiger partial charge < -0.3 is 9.73 Å². The van der Waals surface area contributed by atoms with Gasteiger partial charge >= 0.3 is 0 Å². The van der Waals surface area contributed by atoms with Crippen LogP contribution in [0.2, 0.25) is 0 Å². The van der Waals surface area contributed by atoms with Crippen LogP contribution in [0.1, 0.15) is 32.6 Å². The summed E-state index contributed by atoms with van der Waals surface area (Å²) in [7, 11) is 0. The summed E-state index contributed by atoms with van der Waals surface area (Å²) < 4.78 is 5.14. The zero-order valence-electron chi connectivity index (χ0n) is 15.6. The van der Waals surface area contributed by atoms with E-state index in [4.69, 9.17) is 4.42 Å². The summed E-state index contributed by atoms with van der Waals surface area (Å²) in [4.78, 5) is 26.7. The average Bonchev–Trinajstić information content (AvgIpc) is 3.31. The number of anilines is 2. The van der Waals surface area contributed by atoms with Crippen LogP contribution in [0.4, 0.5) is 11.4 Å². The van der Waals surface area contributed by atoms with E-state index in [0.29, 0.717) is 11.4 Å². The second-order valence-electron chi connectivity index (χ2n) is 6.83. The first-order valence-electron chi connectivity index (χ1n) is 8.98. The Hall–Kier alpha value is -2.99. The number of nitrogens with zero attached hydrogens (tertiary/aromatic N) is 1. The molecule has 28 heavy (non-hydrogen) atoms. The van der Waals surface area contributed by atoms with E-state index in [1.165, 1.54) is 6.26 Å². The summed E-state index contributed by atoms with van der Waals surface area (Å²) in [6, 6.07) is 17.1. The van der Waals surface area contributed by atoms with Crippen LogP contribution in [-0.4, -0.2) is 17.6 Å². The predicted molar refractivity (Wildman–Crippen MR) is 112 cm³/mol. The number of benzene rings is 2. The molecule has 0 spiro atoms. The molecule has 0 saturated carbocycles. The summed E-state index contributed by atoms with van der Waals surface area (Å²) in [6.45, 7) is 4.06. The van der Waals surface area contributed by atoms with Crippen molar-refractivity contribution in [2.75, 3.05) is 16.0 Å². The van der Waals surface area contributed by atoms with Gasteiger partial charge in [-0.1, -0.05) is 18.2 Å². The Morgan fingerprint density at radius 3 is 2.61 bits per heavy atom. The van der Waals surface area contributed by atoms with Gasteiger partial charge in [-0.15, -0.1) is 11.8 Å². The average molecular weight is 392 g/mol. The molecule has 1 aliphatic heterocycles. The van der Waals surface area contributed by atoms with Crippen LogP contribution in [-0.2, 0) is 4.79 Å². The van der Waals surface area contributed by atoms with E-state index in [-0.39, 0.29) is 22.9 Å². The lowest BCUT2D eigenvalue weighted by Crippen LogP contribution is -2.28. The Labute approximate surface area is 167 Å². The lowest BCUT2D eigenvalue weighted by Gasteiger charge is -2.25. The molecule has 5 nitrogen and oxygen atoms in total. The number of rotatable bonds is 4. The van der Waals surface area contributed by atoms with E-state index in [9.17, 15) is 9.59 Å². The maximum atomic E-state index is 12.6. The fraction of sp³-hybridized carbons (Fsp3) is 0.182. The highest BCUT2D eigenvalue weighted by atomic mass is 32.2. The predicted octanol–water partition coefficient (Wildman–Crippen LogP) is 4.93. The highest BCUT2D eigenvalue weighted by molar-refractivity contribution is 8.00. The summed E-state index contributed by atoms with van der Waals surface area (Å²) in [6.07, 6.45) is 1.47. The van der Waals surface area contributed by atoms with E-state index in [1.54, 1.807) is 23.9 Å². The van der Waals surface area contributed by atoms with Gasteiger partial charge in [0.05, 0.1) is 12.0 Å². The number of hydrogen-bond donors (Lipinski definition) is 1. The molecule has 3 aromatic rings. The molecule has 0 radical (unpaired) electrons. The van der Waals surface area contributed by atoms with Crippen LogP contribution >= 0.6 is 11.8 Å². The van der Waals surface area contributed by atoms with Gasteiger partial charge in [-0.25, -0.2) is 0 Å². The Balaban J connectivity index is 1.62. The molecular formula is C22H20N2O3S. The highest BCUT2D eigenvalue weighted by Gasteiger charge is 2.34. The van der Waals surface area contributed by atoms with Crippen molar-refractivity contribution in [1.29, 1.82) is 0 Å². The maximum Gasteiger partial charge on any atom is 0.291 e. The first kappa shape index (κ1) is 18.4. The van der Waals surface area contributed by atoms with Crippen molar-refractivity contribution < 1.29 is 14.0 Å². The fourth-order valence-corrected chi connectivity index (χ4v) is 4.58. The lowest BCUT2D eigenvalue weighted by molar-refractivity contribution is -0.115. The van der Waals surface area contributed by atoms with E-state index < -0.39 is 0 Å². The van der Waals surface area contributed by atoms with Crippen LogP contribution in [0.5, 0.6) is 0 Å². The van der Waals surface area contributed by atoms with Crippen molar-refractivity contribution in [3.8, 4) is 0 Å². The third-order valence-corrected chi connectivity index (χ3v) is 5.74. The summed E-state index contributed by atoms with van der Waals surface area (Å²) in [5.41, 5.74) is 4.78. The van der Waals surface area contributed by atoms with Crippen molar-refractivity contribution in [2.45, 2.75) is 19.2 Å². The van der Waals surface area contributed by atoms with E-state index in [1.807, 2.05) is 55.1 Å². The molecular weight excluding hydrogens is 372 g/mol. The number of aryl methyl sites for hydroxylation is 2. The molecule has 1 N–H and O–H groups in total. The Morgan fingerprint density at radius 2 is 1.89 bits per heavy atom. The first-order valence-corrected chi connectivity index (χ1v) is 10.0. The number of amides is 2. The standard InChI is InChI=1S/C22H20N2O3S/c1-14-9-15(2)11-18(10-14)24-20(25)13-28-22(24)16-5-3-6-17(12-16)23-21(26)19-7-4-8-27-19/h3-12,22H,13H2,1-2H3,(H,23,26)/t22-/m0/s1. The topological polar surface area (TPSA) is 62.6 Å². The summed E-state index contributed by atoms with van der Waals surface area (Å²) in [5, 5.41) is 2.72. The van der Waals surface area contributed by atoms with Crippen LogP contribution < -0.4 is 10.2 Å². The molecule has 1 saturated heterocycles. The molecule has 0 bridgehead atoms. The van der Waals surface area contributed by atoms with Gasteiger partial charge in [0, 0.05) is 11.4 Å². The summed E-state index contributed by atoms with van der Waals surface area (Å²) >= 11 is 1.59. The smallest absolute Gasteiger partial charge is 0.291 e. The number of furan rings is 1. The van der Waals surface area contributed by atoms with Crippen molar-refractivity contribution in [3.63, 3.8) is 0 Å². The van der Waals surface area contributed by atoms with Gasteiger partial charge in [-0.3, -0.25) is 14.5 Å². The molecule has 4 rings (SSSR count).